The predicted octanol–water partition coefficient (Wildman–Crippen LogP) is 4.34. The number of aromatic nitrogens is 1. The number of benzene rings is 2. The van der Waals surface area contributed by atoms with Crippen LogP contribution in [0, 0.1) is 6.92 Å². The van der Waals surface area contributed by atoms with Crippen LogP contribution >= 0.6 is 12.2 Å². The van der Waals surface area contributed by atoms with Crippen LogP contribution in [0.5, 0.6) is 0 Å². The molecule has 4 nitrogen and oxygen atoms in total. The zero-order valence-corrected chi connectivity index (χ0v) is 15.1. The van der Waals surface area contributed by atoms with Crippen LogP contribution in [0.25, 0.3) is 10.9 Å². The lowest BCUT2D eigenvalue weighted by Crippen LogP contribution is -2.27. The van der Waals surface area contributed by atoms with Crippen LogP contribution in [0.3, 0.4) is 0 Å². The molecule has 0 aliphatic rings. The van der Waals surface area contributed by atoms with Crippen molar-refractivity contribution in [2.75, 3.05) is 5.32 Å². The van der Waals surface area contributed by atoms with E-state index in [9.17, 15) is 18.0 Å². The monoisotopic (exact) mass is 391 g/mol. The highest BCUT2D eigenvalue weighted by molar-refractivity contribution is 7.80. The van der Waals surface area contributed by atoms with Crippen molar-refractivity contribution in [3.63, 3.8) is 0 Å². The number of anilines is 1. The first-order chi connectivity index (χ1) is 12.7. The lowest BCUT2D eigenvalue weighted by atomic mass is 10.1. The highest BCUT2D eigenvalue weighted by Crippen LogP contribution is 2.34. The second-order valence-corrected chi connectivity index (χ2v) is 6.51. The maximum absolute atomic E-state index is 13.2. The Balaban J connectivity index is 1.78. The molecule has 1 heterocycles. The van der Waals surface area contributed by atoms with Gasteiger partial charge in [0.15, 0.2) is 5.11 Å². The van der Waals surface area contributed by atoms with Crippen LogP contribution < -0.4 is 16.2 Å². The van der Waals surface area contributed by atoms with Crippen LogP contribution in [0.15, 0.2) is 53.3 Å². The first-order valence-electron chi connectivity index (χ1n) is 8.07. The number of alkyl halides is 3. The summed E-state index contributed by atoms with van der Waals surface area (Å²) >= 11 is 5.21. The van der Waals surface area contributed by atoms with E-state index in [4.69, 9.17) is 12.2 Å². The van der Waals surface area contributed by atoms with Crippen molar-refractivity contribution in [1.29, 1.82) is 0 Å². The smallest absolute Gasteiger partial charge is 0.358 e. The van der Waals surface area contributed by atoms with E-state index in [1.165, 1.54) is 12.1 Å². The number of H-pyrrole nitrogens is 1. The van der Waals surface area contributed by atoms with Gasteiger partial charge in [-0.25, -0.2) is 0 Å². The number of aromatic amines is 1. The molecule has 8 heteroatoms. The van der Waals surface area contributed by atoms with Crippen molar-refractivity contribution in [3.8, 4) is 0 Å². The van der Waals surface area contributed by atoms with Gasteiger partial charge in [-0.3, -0.25) is 4.79 Å². The van der Waals surface area contributed by atoms with E-state index in [2.05, 4.69) is 15.6 Å². The molecule has 0 aliphatic carbocycles. The van der Waals surface area contributed by atoms with E-state index in [1.54, 1.807) is 6.07 Å². The Morgan fingerprint density at radius 2 is 1.81 bits per heavy atom. The Labute approximate surface area is 158 Å². The minimum absolute atomic E-state index is 0.103. The van der Waals surface area contributed by atoms with Crippen LogP contribution in [-0.4, -0.2) is 10.1 Å². The molecule has 3 N–H and O–H groups in total. The molecule has 3 aromatic rings. The largest absolute Gasteiger partial charge is 0.417 e. The third-order valence-electron chi connectivity index (χ3n) is 3.98. The Bertz CT molecular complexity index is 1040. The van der Waals surface area contributed by atoms with E-state index in [-0.39, 0.29) is 16.0 Å². The molecule has 0 bridgehead atoms. The molecule has 3 rings (SSSR count). The number of rotatable bonds is 3. The molecule has 0 radical (unpaired) electrons. The van der Waals surface area contributed by atoms with Gasteiger partial charge in [0.25, 0.3) is 0 Å². The minimum Gasteiger partial charge on any atom is -0.358 e. The zero-order chi connectivity index (χ0) is 19.6. The Hall–Kier alpha value is -2.87. The third kappa shape index (κ3) is 4.65. The first kappa shape index (κ1) is 18.9. The fourth-order valence-electron chi connectivity index (χ4n) is 2.63. The van der Waals surface area contributed by atoms with Gasteiger partial charge in [-0.1, -0.05) is 29.8 Å². The molecule has 140 valence electrons. The second-order valence-electron chi connectivity index (χ2n) is 6.10. The third-order valence-corrected chi connectivity index (χ3v) is 4.23. The van der Waals surface area contributed by atoms with Crippen LogP contribution in [0.4, 0.5) is 18.9 Å². The van der Waals surface area contributed by atoms with Gasteiger partial charge >= 0.3 is 6.18 Å². The number of hydrogen-bond donors (Lipinski definition) is 3. The Kier molecular flexibility index (Phi) is 5.18. The van der Waals surface area contributed by atoms with Gasteiger partial charge in [0, 0.05) is 29.2 Å². The SMILES string of the molecule is Cc1ccc(CNC(=S)Nc2ccc3[nH]c(=O)cc(C(F)(F)F)c3c2)cc1. The fraction of sp³-hybridized carbons (Fsp3) is 0.158. The maximum Gasteiger partial charge on any atom is 0.417 e. The molecule has 2 aromatic carbocycles. The van der Waals surface area contributed by atoms with Crippen LogP contribution in [-0.2, 0) is 12.7 Å². The number of aryl methyl sites for hydroxylation is 1. The summed E-state index contributed by atoms with van der Waals surface area (Å²) in [7, 11) is 0. The second kappa shape index (κ2) is 7.40. The van der Waals surface area contributed by atoms with Crippen LogP contribution in [0.2, 0.25) is 0 Å². The molecule has 0 spiro atoms. The lowest BCUT2D eigenvalue weighted by molar-refractivity contribution is -0.136. The molecule has 0 aliphatic heterocycles. The summed E-state index contributed by atoms with van der Waals surface area (Å²) in [5.41, 5.74) is 0.893. The standard InChI is InChI=1S/C19H16F3N3OS/c1-11-2-4-12(5-3-11)10-23-18(27)24-13-6-7-16-14(8-13)15(19(20,21)22)9-17(26)25-16/h2-9H,10H2,1H3,(H,25,26)(H2,23,24,27). The molecule has 1 aromatic heterocycles. The van der Waals surface area contributed by atoms with Crippen molar-refractivity contribution in [1.82, 2.24) is 10.3 Å². The van der Waals surface area contributed by atoms with E-state index >= 15 is 0 Å². The van der Waals surface area contributed by atoms with Crippen molar-refractivity contribution < 1.29 is 13.2 Å². The summed E-state index contributed by atoms with van der Waals surface area (Å²) in [5.74, 6) is 0. The average molecular weight is 391 g/mol. The first-order valence-corrected chi connectivity index (χ1v) is 8.48. The highest BCUT2D eigenvalue weighted by atomic mass is 32.1. The van der Waals surface area contributed by atoms with Gasteiger partial charge in [0.2, 0.25) is 5.56 Å². The van der Waals surface area contributed by atoms with Crippen molar-refractivity contribution in [2.24, 2.45) is 0 Å². The lowest BCUT2D eigenvalue weighted by Gasteiger charge is -2.13. The summed E-state index contributed by atoms with van der Waals surface area (Å²) in [5, 5.41) is 6.06. The van der Waals surface area contributed by atoms with E-state index in [1.807, 2.05) is 31.2 Å². The van der Waals surface area contributed by atoms with E-state index in [0.717, 1.165) is 11.1 Å². The molecule has 0 unspecified atom stereocenters. The number of thiocarbonyl (C=S) groups is 1. The van der Waals surface area contributed by atoms with Crippen LogP contribution in [0.1, 0.15) is 16.7 Å². The van der Waals surface area contributed by atoms with Crippen molar-refractivity contribution in [3.05, 3.63) is 75.6 Å². The minimum atomic E-state index is -4.63. The number of nitrogens with one attached hydrogen (secondary N) is 3. The Morgan fingerprint density at radius 1 is 1.11 bits per heavy atom. The fourth-order valence-corrected chi connectivity index (χ4v) is 2.82. The summed E-state index contributed by atoms with van der Waals surface area (Å²) in [6, 6.07) is 12.7. The quantitative estimate of drug-likeness (QED) is 0.582. The number of hydrogen-bond acceptors (Lipinski definition) is 2. The van der Waals surface area contributed by atoms with Gasteiger partial charge in [0.05, 0.1) is 5.56 Å². The van der Waals surface area contributed by atoms with E-state index in [0.29, 0.717) is 18.3 Å². The van der Waals surface area contributed by atoms with Gasteiger partial charge < -0.3 is 15.6 Å². The number of pyridine rings is 1. The zero-order valence-electron chi connectivity index (χ0n) is 14.3. The molecule has 27 heavy (non-hydrogen) atoms. The number of halogens is 3. The average Bonchev–Trinajstić information content (AvgIpc) is 2.60. The van der Waals surface area contributed by atoms with Crippen molar-refractivity contribution in [2.45, 2.75) is 19.6 Å². The number of fused-ring (bicyclic) bond motifs is 1. The molecule has 0 saturated heterocycles. The van der Waals surface area contributed by atoms with E-state index < -0.39 is 17.3 Å². The summed E-state index contributed by atoms with van der Waals surface area (Å²) < 4.78 is 39.7. The summed E-state index contributed by atoms with van der Waals surface area (Å²) in [6.45, 7) is 2.48. The molecule has 0 saturated carbocycles. The topological polar surface area (TPSA) is 56.9 Å². The predicted molar refractivity (Wildman–Crippen MR) is 104 cm³/mol. The molecule has 0 fully saturated rings. The van der Waals surface area contributed by atoms with Crippen molar-refractivity contribution >= 4 is 33.9 Å². The normalized spacial score (nSPS) is 11.4. The Morgan fingerprint density at radius 3 is 2.48 bits per heavy atom. The maximum atomic E-state index is 13.2. The van der Waals surface area contributed by atoms with Gasteiger partial charge in [-0.2, -0.15) is 13.2 Å². The van der Waals surface area contributed by atoms with Gasteiger partial charge in [0.1, 0.15) is 0 Å². The molecule has 0 atom stereocenters. The summed E-state index contributed by atoms with van der Waals surface area (Å²) in [4.78, 5) is 13.9. The molecular formula is C19H16F3N3OS. The molecule has 0 amide bonds. The van der Waals surface area contributed by atoms with Gasteiger partial charge in [-0.15, -0.1) is 0 Å². The summed E-state index contributed by atoms with van der Waals surface area (Å²) in [6.07, 6.45) is -4.63. The molecular weight excluding hydrogens is 375 g/mol. The van der Waals surface area contributed by atoms with Gasteiger partial charge in [-0.05, 0) is 42.9 Å². The highest BCUT2D eigenvalue weighted by Gasteiger charge is 2.33.